The SMILES string of the molecule is Cc1cc(F)ccc1C(=O)NCCC(N)=O. The fraction of sp³-hybridized carbons (Fsp3) is 0.273. The quantitative estimate of drug-likeness (QED) is 0.791. The molecule has 0 aliphatic heterocycles. The fourth-order valence-electron chi connectivity index (χ4n) is 1.28. The molecule has 0 atom stereocenters. The lowest BCUT2D eigenvalue weighted by molar-refractivity contribution is -0.117. The number of carbonyl (C=O) groups excluding carboxylic acids is 2. The predicted octanol–water partition coefficient (Wildman–Crippen LogP) is 0.739. The van der Waals surface area contributed by atoms with Gasteiger partial charge < -0.3 is 11.1 Å². The third kappa shape index (κ3) is 3.34. The number of rotatable bonds is 4. The zero-order chi connectivity index (χ0) is 12.1. The molecule has 0 aromatic heterocycles. The molecule has 0 bridgehead atoms. The summed E-state index contributed by atoms with van der Waals surface area (Å²) in [7, 11) is 0. The van der Waals surface area contributed by atoms with E-state index in [9.17, 15) is 14.0 Å². The second-order valence-corrected chi connectivity index (χ2v) is 3.43. The standard InChI is InChI=1S/C11H13FN2O2/c1-7-6-8(12)2-3-9(7)11(16)14-5-4-10(13)15/h2-3,6H,4-5H2,1H3,(H2,13,15)(H,14,16). The minimum Gasteiger partial charge on any atom is -0.370 e. The number of halogens is 1. The van der Waals surface area contributed by atoms with E-state index in [0.29, 0.717) is 11.1 Å². The normalized spacial score (nSPS) is 9.88. The minimum atomic E-state index is -0.476. The topological polar surface area (TPSA) is 72.2 Å². The van der Waals surface area contributed by atoms with Crippen LogP contribution in [0.3, 0.4) is 0 Å². The summed E-state index contributed by atoms with van der Waals surface area (Å²) in [5.74, 6) is -1.19. The average Bonchev–Trinajstić information content (AvgIpc) is 2.16. The molecule has 1 rings (SSSR count). The van der Waals surface area contributed by atoms with E-state index in [4.69, 9.17) is 5.73 Å². The Morgan fingerprint density at radius 1 is 1.44 bits per heavy atom. The van der Waals surface area contributed by atoms with Gasteiger partial charge in [0.05, 0.1) is 0 Å². The van der Waals surface area contributed by atoms with Crippen LogP contribution in [0.4, 0.5) is 4.39 Å². The van der Waals surface area contributed by atoms with Crippen LogP contribution in [-0.2, 0) is 4.79 Å². The Labute approximate surface area is 92.6 Å². The Kier molecular flexibility index (Phi) is 3.99. The van der Waals surface area contributed by atoms with Gasteiger partial charge in [0.25, 0.3) is 5.91 Å². The fourth-order valence-corrected chi connectivity index (χ4v) is 1.28. The van der Waals surface area contributed by atoms with Gasteiger partial charge in [-0.05, 0) is 30.7 Å². The van der Waals surface area contributed by atoms with Crippen LogP contribution in [0, 0.1) is 12.7 Å². The molecule has 0 saturated carbocycles. The number of aryl methyl sites for hydroxylation is 1. The predicted molar refractivity (Wildman–Crippen MR) is 57.3 cm³/mol. The van der Waals surface area contributed by atoms with Gasteiger partial charge >= 0.3 is 0 Å². The van der Waals surface area contributed by atoms with E-state index in [1.54, 1.807) is 6.92 Å². The molecule has 0 unspecified atom stereocenters. The first-order valence-corrected chi connectivity index (χ1v) is 4.83. The summed E-state index contributed by atoms with van der Waals surface area (Å²) in [4.78, 5) is 22.0. The Hall–Kier alpha value is -1.91. The number of amides is 2. The van der Waals surface area contributed by atoms with Gasteiger partial charge in [0.15, 0.2) is 0 Å². The van der Waals surface area contributed by atoms with Crippen molar-refractivity contribution in [1.29, 1.82) is 0 Å². The highest BCUT2D eigenvalue weighted by Gasteiger charge is 2.09. The molecule has 4 nitrogen and oxygen atoms in total. The molecule has 0 spiro atoms. The van der Waals surface area contributed by atoms with E-state index >= 15 is 0 Å². The molecule has 0 saturated heterocycles. The molecule has 16 heavy (non-hydrogen) atoms. The summed E-state index contributed by atoms with van der Waals surface area (Å²) < 4.78 is 12.8. The largest absolute Gasteiger partial charge is 0.370 e. The first-order chi connectivity index (χ1) is 7.50. The first kappa shape index (κ1) is 12.2. The molecule has 5 heteroatoms. The van der Waals surface area contributed by atoms with Gasteiger partial charge in [-0.3, -0.25) is 9.59 Å². The van der Waals surface area contributed by atoms with Crippen molar-refractivity contribution in [2.24, 2.45) is 5.73 Å². The van der Waals surface area contributed by atoms with Crippen LogP contribution >= 0.6 is 0 Å². The average molecular weight is 224 g/mol. The van der Waals surface area contributed by atoms with Crippen molar-refractivity contribution in [2.45, 2.75) is 13.3 Å². The summed E-state index contributed by atoms with van der Waals surface area (Å²) in [5.41, 5.74) is 5.87. The lowest BCUT2D eigenvalue weighted by Gasteiger charge is -2.06. The van der Waals surface area contributed by atoms with Crippen molar-refractivity contribution in [2.75, 3.05) is 6.54 Å². The van der Waals surface area contributed by atoms with Crippen LogP contribution in [0.5, 0.6) is 0 Å². The molecule has 3 N–H and O–H groups in total. The number of hydrogen-bond acceptors (Lipinski definition) is 2. The number of nitrogens with one attached hydrogen (secondary N) is 1. The van der Waals surface area contributed by atoms with E-state index in [1.807, 2.05) is 0 Å². The van der Waals surface area contributed by atoms with Gasteiger partial charge in [0.2, 0.25) is 5.91 Å². The van der Waals surface area contributed by atoms with Crippen molar-refractivity contribution < 1.29 is 14.0 Å². The molecular weight excluding hydrogens is 211 g/mol. The van der Waals surface area contributed by atoms with Crippen LogP contribution in [0.1, 0.15) is 22.3 Å². The van der Waals surface area contributed by atoms with Crippen molar-refractivity contribution >= 4 is 11.8 Å². The molecule has 0 heterocycles. The lowest BCUT2D eigenvalue weighted by Crippen LogP contribution is -2.28. The number of carbonyl (C=O) groups is 2. The second kappa shape index (κ2) is 5.25. The Bertz CT molecular complexity index is 418. The van der Waals surface area contributed by atoms with Crippen LogP contribution < -0.4 is 11.1 Å². The van der Waals surface area contributed by atoms with Crippen LogP contribution in [0.25, 0.3) is 0 Å². The Morgan fingerprint density at radius 3 is 2.69 bits per heavy atom. The highest BCUT2D eigenvalue weighted by atomic mass is 19.1. The summed E-state index contributed by atoms with van der Waals surface area (Å²) >= 11 is 0. The molecule has 0 aliphatic carbocycles. The summed E-state index contributed by atoms with van der Waals surface area (Å²) in [6.07, 6.45) is 0.0893. The third-order valence-electron chi connectivity index (χ3n) is 2.09. The van der Waals surface area contributed by atoms with E-state index in [-0.39, 0.29) is 24.7 Å². The maximum Gasteiger partial charge on any atom is 0.251 e. The summed E-state index contributed by atoms with van der Waals surface area (Å²) in [6.45, 7) is 1.83. The van der Waals surface area contributed by atoms with Crippen molar-refractivity contribution in [3.05, 3.63) is 35.1 Å². The molecule has 0 radical (unpaired) electrons. The molecular formula is C11H13FN2O2. The highest BCUT2D eigenvalue weighted by molar-refractivity contribution is 5.95. The van der Waals surface area contributed by atoms with Crippen molar-refractivity contribution in [3.8, 4) is 0 Å². The van der Waals surface area contributed by atoms with Gasteiger partial charge in [0, 0.05) is 18.5 Å². The molecule has 0 fully saturated rings. The second-order valence-electron chi connectivity index (χ2n) is 3.43. The van der Waals surface area contributed by atoms with Crippen molar-refractivity contribution in [3.63, 3.8) is 0 Å². The number of nitrogens with two attached hydrogens (primary N) is 1. The van der Waals surface area contributed by atoms with Crippen LogP contribution in [0.2, 0.25) is 0 Å². The molecule has 2 amide bonds. The van der Waals surface area contributed by atoms with E-state index in [2.05, 4.69) is 5.32 Å². The number of primary amides is 1. The third-order valence-corrected chi connectivity index (χ3v) is 2.09. The van der Waals surface area contributed by atoms with Gasteiger partial charge in [0.1, 0.15) is 5.82 Å². The highest BCUT2D eigenvalue weighted by Crippen LogP contribution is 2.09. The maximum absolute atomic E-state index is 12.8. The molecule has 1 aromatic carbocycles. The van der Waals surface area contributed by atoms with Crippen LogP contribution in [0.15, 0.2) is 18.2 Å². The lowest BCUT2D eigenvalue weighted by atomic mass is 10.1. The van der Waals surface area contributed by atoms with E-state index in [1.165, 1.54) is 18.2 Å². The van der Waals surface area contributed by atoms with E-state index < -0.39 is 5.91 Å². The van der Waals surface area contributed by atoms with Gasteiger partial charge in [-0.15, -0.1) is 0 Å². The number of hydrogen-bond donors (Lipinski definition) is 2. The first-order valence-electron chi connectivity index (χ1n) is 4.83. The number of benzene rings is 1. The van der Waals surface area contributed by atoms with E-state index in [0.717, 1.165) is 0 Å². The zero-order valence-corrected chi connectivity index (χ0v) is 8.92. The zero-order valence-electron chi connectivity index (χ0n) is 8.92. The molecule has 86 valence electrons. The summed E-state index contributed by atoms with van der Waals surface area (Å²) in [6, 6.07) is 3.91. The monoisotopic (exact) mass is 224 g/mol. The van der Waals surface area contributed by atoms with Crippen molar-refractivity contribution in [1.82, 2.24) is 5.32 Å². The smallest absolute Gasteiger partial charge is 0.251 e. The maximum atomic E-state index is 12.8. The van der Waals surface area contributed by atoms with Gasteiger partial charge in [-0.2, -0.15) is 0 Å². The Balaban J connectivity index is 2.63. The Morgan fingerprint density at radius 2 is 2.12 bits per heavy atom. The summed E-state index contributed by atoms with van der Waals surface area (Å²) in [5, 5.41) is 2.53. The van der Waals surface area contributed by atoms with Gasteiger partial charge in [-0.25, -0.2) is 4.39 Å². The van der Waals surface area contributed by atoms with Crippen LogP contribution in [-0.4, -0.2) is 18.4 Å². The molecule has 0 aliphatic rings. The minimum absolute atomic E-state index is 0.0893. The van der Waals surface area contributed by atoms with Gasteiger partial charge in [-0.1, -0.05) is 0 Å². The molecule has 1 aromatic rings.